The van der Waals surface area contributed by atoms with Gasteiger partial charge in [-0.25, -0.2) is 0 Å². The number of nitrogens with zero attached hydrogens (tertiary/aromatic N) is 2. The summed E-state index contributed by atoms with van der Waals surface area (Å²) in [5.74, 6) is 0.200. The first-order valence-electron chi connectivity index (χ1n) is 10.2. The zero-order valence-electron chi connectivity index (χ0n) is 16.3. The zero-order chi connectivity index (χ0) is 21.3. The van der Waals surface area contributed by atoms with Gasteiger partial charge in [0.05, 0.1) is 9.85 Å². The van der Waals surface area contributed by atoms with Crippen LogP contribution in [-0.4, -0.2) is 20.1 Å². The highest BCUT2D eigenvalue weighted by Gasteiger charge is 2.59. The first-order valence-corrected chi connectivity index (χ1v) is 10.2. The molecule has 2 aromatic rings. The van der Waals surface area contributed by atoms with E-state index < -0.39 is 9.85 Å². The van der Waals surface area contributed by atoms with E-state index in [4.69, 9.17) is 0 Å². The van der Waals surface area contributed by atoms with Gasteiger partial charge in [-0.2, -0.15) is 0 Å². The molecular formula is C22H22N2O6. The zero-order valence-corrected chi connectivity index (χ0v) is 16.3. The van der Waals surface area contributed by atoms with Crippen molar-refractivity contribution < 1.29 is 20.1 Å². The lowest BCUT2D eigenvalue weighted by Gasteiger charge is -2.62. The first-order chi connectivity index (χ1) is 14.2. The number of benzene rings is 2. The molecule has 0 amide bonds. The van der Waals surface area contributed by atoms with Gasteiger partial charge in [-0.05, 0) is 67.4 Å². The number of phenolic OH excluding ortho intramolecular Hbond substituents is 2. The van der Waals surface area contributed by atoms with Crippen LogP contribution in [0.5, 0.6) is 11.5 Å². The summed E-state index contributed by atoms with van der Waals surface area (Å²) in [5, 5.41) is 43.4. The molecule has 0 aromatic heterocycles. The Morgan fingerprint density at radius 3 is 2.13 bits per heavy atom. The van der Waals surface area contributed by atoms with Crippen molar-refractivity contribution in [1.29, 1.82) is 0 Å². The van der Waals surface area contributed by atoms with E-state index >= 15 is 0 Å². The molecule has 156 valence electrons. The normalized spacial score (nSPS) is 31.6. The van der Waals surface area contributed by atoms with Crippen LogP contribution in [0.1, 0.15) is 49.7 Å². The molecule has 4 saturated carbocycles. The highest BCUT2D eigenvalue weighted by molar-refractivity contribution is 5.56. The fraction of sp³-hybridized carbons (Fsp3) is 0.455. The number of aromatic hydroxyl groups is 2. The van der Waals surface area contributed by atoms with E-state index in [1.54, 1.807) is 18.2 Å². The summed E-state index contributed by atoms with van der Waals surface area (Å²) in [5.41, 5.74) is 0.221. The summed E-state index contributed by atoms with van der Waals surface area (Å²) >= 11 is 0. The van der Waals surface area contributed by atoms with E-state index in [1.165, 1.54) is 18.2 Å². The van der Waals surface area contributed by atoms with Crippen LogP contribution in [-0.2, 0) is 10.8 Å². The Bertz CT molecular complexity index is 1070. The van der Waals surface area contributed by atoms with E-state index in [0.29, 0.717) is 23.8 Å². The molecule has 0 saturated heterocycles. The van der Waals surface area contributed by atoms with Gasteiger partial charge < -0.3 is 10.2 Å². The van der Waals surface area contributed by atoms with E-state index in [0.717, 1.165) is 37.7 Å². The van der Waals surface area contributed by atoms with Gasteiger partial charge in [0, 0.05) is 23.1 Å². The molecule has 4 bridgehead atoms. The fourth-order valence-corrected chi connectivity index (χ4v) is 7.02. The van der Waals surface area contributed by atoms with Gasteiger partial charge in [0.2, 0.25) is 0 Å². The third-order valence-electron chi connectivity index (χ3n) is 7.63. The number of phenols is 2. The maximum atomic E-state index is 11.4. The highest BCUT2D eigenvalue weighted by Crippen LogP contribution is 2.67. The molecule has 2 N–H and O–H groups in total. The molecule has 0 spiro atoms. The molecule has 8 nitrogen and oxygen atoms in total. The van der Waals surface area contributed by atoms with Crippen molar-refractivity contribution in [3.8, 4) is 11.5 Å². The summed E-state index contributed by atoms with van der Waals surface area (Å²) < 4.78 is 0. The Labute approximate surface area is 172 Å². The monoisotopic (exact) mass is 410 g/mol. The average Bonchev–Trinajstić information content (AvgIpc) is 2.66. The Hall–Kier alpha value is -3.16. The smallest absolute Gasteiger partial charge is 0.311 e. The summed E-state index contributed by atoms with van der Waals surface area (Å²) in [4.78, 5) is 21.6. The Balaban J connectivity index is 1.64. The molecule has 4 aliphatic rings. The molecule has 0 heterocycles. The first kappa shape index (κ1) is 18.8. The van der Waals surface area contributed by atoms with Gasteiger partial charge in [-0.3, -0.25) is 20.2 Å². The van der Waals surface area contributed by atoms with Gasteiger partial charge in [0.1, 0.15) is 0 Å². The molecule has 6 rings (SSSR count). The summed E-state index contributed by atoms with van der Waals surface area (Å²) in [7, 11) is 0. The largest absolute Gasteiger partial charge is 0.502 e. The minimum atomic E-state index is -0.568. The molecule has 30 heavy (non-hydrogen) atoms. The second kappa shape index (κ2) is 6.17. The summed E-state index contributed by atoms with van der Waals surface area (Å²) in [6, 6.07) is 9.40. The predicted molar refractivity (Wildman–Crippen MR) is 108 cm³/mol. The minimum Gasteiger partial charge on any atom is -0.502 e. The number of hydrogen-bond acceptors (Lipinski definition) is 6. The molecule has 8 heteroatoms. The van der Waals surface area contributed by atoms with Crippen LogP contribution in [0.25, 0.3) is 0 Å². The van der Waals surface area contributed by atoms with Crippen LogP contribution in [0.2, 0.25) is 0 Å². The number of hydrogen-bond donors (Lipinski definition) is 2. The van der Waals surface area contributed by atoms with Gasteiger partial charge in [-0.15, -0.1) is 0 Å². The summed E-state index contributed by atoms with van der Waals surface area (Å²) in [6.07, 6.45) is 5.30. The molecule has 4 fully saturated rings. The Morgan fingerprint density at radius 2 is 1.50 bits per heavy atom. The predicted octanol–water partition coefficient (Wildman–Crippen LogP) is 4.70. The van der Waals surface area contributed by atoms with Crippen LogP contribution >= 0.6 is 0 Å². The lowest BCUT2D eigenvalue weighted by Crippen LogP contribution is -2.55. The lowest BCUT2D eigenvalue weighted by molar-refractivity contribution is -0.386. The standard InChI is InChI=1S/C22H22N2O6/c25-19-5-4-15(7-18(19)24(29)30)21-8-13-6-14(9-21)11-22(10-13,12-21)16-2-1-3-17(20(16)26)23(27)28/h1-5,7,13-14,25-26H,6,8-12H2. The van der Waals surface area contributed by atoms with Gasteiger partial charge in [0.25, 0.3) is 0 Å². The van der Waals surface area contributed by atoms with E-state index in [2.05, 4.69) is 0 Å². The molecule has 4 aliphatic carbocycles. The minimum absolute atomic E-state index is 0.253. The third kappa shape index (κ3) is 2.59. The topological polar surface area (TPSA) is 127 Å². The molecule has 2 unspecified atom stereocenters. The van der Waals surface area contributed by atoms with Crippen molar-refractivity contribution in [3.05, 3.63) is 67.8 Å². The highest BCUT2D eigenvalue weighted by atomic mass is 16.6. The van der Waals surface area contributed by atoms with E-state index in [9.17, 15) is 30.4 Å². The van der Waals surface area contributed by atoms with Crippen molar-refractivity contribution in [3.63, 3.8) is 0 Å². The second-order valence-corrected chi connectivity index (χ2v) is 9.41. The van der Waals surface area contributed by atoms with E-state index in [-0.39, 0.29) is 33.7 Å². The van der Waals surface area contributed by atoms with Crippen LogP contribution in [0.4, 0.5) is 11.4 Å². The van der Waals surface area contributed by atoms with Crippen LogP contribution < -0.4 is 0 Å². The van der Waals surface area contributed by atoms with Gasteiger partial charge in [0.15, 0.2) is 11.5 Å². The number of rotatable bonds is 4. The van der Waals surface area contributed by atoms with Crippen molar-refractivity contribution in [2.24, 2.45) is 11.8 Å². The Kier molecular flexibility index (Phi) is 3.87. The SMILES string of the molecule is O=[N+]([O-])c1cc(C23CC4CC(C2)CC(c2cccc([N+](=O)[O-])c2O)(C4)C3)ccc1O. The van der Waals surface area contributed by atoms with Crippen LogP contribution in [0.3, 0.4) is 0 Å². The Morgan fingerprint density at radius 1 is 0.867 bits per heavy atom. The molecular weight excluding hydrogens is 388 g/mol. The number of nitro benzene ring substituents is 2. The van der Waals surface area contributed by atoms with Crippen LogP contribution in [0.15, 0.2) is 36.4 Å². The van der Waals surface area contributed by atoms with Crippen molar-refractivity contribution in [2.45, 2.75) is 49.4 Å². The second-order valence-electron chi connectivity index (χ2n) is 9.41. The fourth-order valence-electron chi connectivity index (χ4n) is 7.02. The number of para-hydroxylation sites is 1. The molecule has 0 aliphatic heterocycles. The lowest BCUT2D eigenvalue weighted by atomic mass is 9.41. The van der Waals surface area contributed by atoms with Crippen molar-refractivity contribution in [2.75, 3.05) is 0 Å². The molecule has 0 radical (unpaired) electrons. The van der Waals surface area contributed by atoms with Gasteiger partial charge >= 0.3 is 11.4 Å². The van der Waals surface area contributed by atoms with Crippen LogP contribution in [0, 0.1) is 32.1 Å². The quantitative estimate of drug-likeness (QED) is 0.555. The molecule has 2 aromatic carbocycles. The summed E-state index contributed by atoms with van der Waals surface area (Å²) in [6.45, 7) is 0. The van der Waals surface area contributed by atoms with Gasteiger partial charge in [-0.1, -0.05) is 18.2 Å². The third-order valence-corrected chi connectivity index (χ3v) is 7.63. The average molecular weight is 410 g/mol. The number of nitro groups is 2. The van der Waals surface area contributed by atoms with Crippen molar-refractivity contribution >= 4 is 11.4 Å². The van der Waals surface area contributed by atoms with E-state index in [1.807, 2.05) is 0 Å². The maximum absolute atomic E-state index is 11.4. The maximum Gasteiger partial charge on any atom is 0.311 e. The molecule has 2 atom stereocenters. The van der Waals surface area contributed by atoms with Crippen molar-refractivity contribution in [1.82, 2.24) is 0 Å².